The summed E-state index contributed by atoms with van der Waals surface area (Å²) in [6, 6.07) is 8.36. The fraction of sp³-hybridized carbons (Fsp3) is 0.143. The van der Waals surface area contributed by atoms with Gasteiger partial charge in [-0.3, -0.25) is 4.79 Å². The molecule has 0 unspecified atom stereocenters. The highest BCUT2D eigenvalue weighted by Gasteiger charge is 2.09. The predicted octanol–water partition coefficient (Wildman–Crippen LogP) is 3.04. The van der Waals surface area contributed by atoms with Crippen LogP contribution in [0.3, 0.4) is 0 Å². The number of aromatic nitrogens is 1. The maximum Gasteiger partial charge on any atom is 0.255 e. The first kappa shape index (κ1) is 14.1. The monoisotopic (exact) mass is 291 g/mol. The van der Waals surface area contributed by atoms with Crippen LogP contribution in [0.15, 0.2) is 36.5 Å². The van der Waals surface area contributed by atoms with Crippen molar-refractivity contribution in [3.63, 3.8) is 0 Å². The van der Waals surface area contributed by atoms with E-state index in [1.54, 1.807) is 43.6 Å². The van der Waals surface area contributed by atoms with Gasteiger partial charge in [-0.1, -0.05) is 11.6 Å². The minimum atomic E-state index is -0.228. The summed E-state index contributed by atoms with van der Waals surface area (Å²) in [4.78, 5) is 16.2. The lowest BCUT2D eigenvalue weighted by Crippen LogP contribution is -2.12. The number of methoxy groups -OCH3 is 1. The van der Waals surface area contributed by atoms with Gasteiger partial charge >= 0.3 is 0 Å². The van der Waals surface area contributed by atoms with Crippen molar-refractivity contribution >= 4 is 29.0 Å². The molecule has 2 N–H and O–H groups in total. The number of nitrogens with zero attached hydrogens (tertiary/aromatic N) is 1. The lowest BCUT2D eigenvalue weighted by atomic mass is 10.2. The number of pyridine rings is 1. The number of nitrogens with one attached hydrogen (secondary N) is 2. The van der Waals surface area contributed by atoms with Crippen LogP contribution in [0.2, 0.25) is 5.02 Å². The van der Waals surface area contributed by atoms with Crippen molar-refractivity contribution in [1.29, 1.82) is 0 Å². The highest BCUT2D eigenvalue weighted by Crippen LogP contribution is 2.27. The second-order valence-electron chi connectivity index (χ2n) is 3.98. The number of carbonyl (C=O) groups is 1. The first-order valence-corrected chi connectivity index (χ1v) is 6.30. The fourth-order valence-corrected chi connectivity index (χ4v) is 1.84. The Labute approximate surface area is 121 Å². The third-order valence-corrected chi connectivity index (χ3v) is 3.00. The van der Waals surface area contributed by atoms with Gasteiger partial charge in [0.25, 0.3) is 5.91 Å². The zero-order valence-electron chi connectivity index (χ0n) is 11.1. The number of rotatable bonds is 4. The Kier molecular flexibility index (Phi) is 4.42. The zero-order valence-corrected chi connectivity index (χ0v) is 11.9. The zero-order chi connectivity index (χ0) is 14.5. The van der Waals surface area contributed by atoms with Gasteiger partial charge in [0.1, 0.15) is 11.6 Å². The Balaban J connectivity index is 2.18. The van der Waals surface area contributed by atoms with Gasteiger partial charge in [-0.05, 0) is 24.3 Å². The summed E-state index contributed by atoms with van der Waals surface area (Å²) >= 11 is 5.94. The van der Waals surface area contributed by atoms with E-state index in [1.807, 2.05) is 0 Å². The van der Waals surface area contributed by atoms with Gasteiger partial charge in [-0.2, -0.15) is 0 Å². The van der Waals surface area contributed by atoms with Gasteiger partial charge < -0.3 is 15.4 Å². The van der Waals surface area contributed by atoms with Crippen molar-refractivity contribution < 1.29 is 9.53 Å². The lowest BCUT2D eigenvalue weighted by Gasteiger charge is -2.09. The first-order chi connectivity index (χ1) is 9.63. The molecule has 0 spiro atoms. The van der Waals surface area contributed by atoms with Crippen molar-refractivity contribution in [3.8, 4) is 5.75 Å². The molecule has 1 aromatic carbocycles. The molecule has 1 heterocycles. The summed E-state index contributed by atoms with van der Waals surface area (Å²) in [6.45, 7) is 0. The van der Waals surface area contributed by atoms with Gasteiger partial charge in [-0.15, -0.1) is 0 Å². The van der Waals surface area contributed by atoms with Gasteiger partial charge in [0.2, 0.25) is 0 Å². The molecule has 1 aromatic heterocycles. The average Bonchev–Trinajstić information content (AvgIpc) is 2.49. The number of ether oxygens (including phenoxy) is 1. The summed E-state index contributed by atoms with van der Waals surface area (Å²) in [5, 5.41) is 6.15. The number of benzene rings is 1. The van der Waals surface area contributed by atoms with E-state index in [4.69, 9.17) is 16.3 Å². The maximum absolute atomic E-state index is 12.1. The number of carbonyl (C=O) groups excluding carboxylic acids is 1. The van der Waals surface area contributed by atoms with E-state index in [2.05, 4.69) is 15.6 Å². The molecule has 2 aromatic rings. The smallest absolute Gasteiger partial charge is 0.255 e. The Hall–Kier alpha value is -2.27. The van der Waals surface area contributed by atoms with Crippen LogP contribution in [0.25, 0.3) is 0 Å². The molecule has 104 valence electrons. The number of halogens is 1. The summed E-state index contributed by atoms with van der Waals surface area (Å²) in [6.07, 6.45) is 1.57. The van der Waals surface area contributed by atoms with E-state index in [9.17, 15) is 4.79 Å². The van der Waals surface area contributed by atoms with Gasteiger partial charge in [0, 0.05) is 30.6 Å². The molecule has 5 nitrogen and oxygen atoms in total. The van der Waals surface area contributed by atoms with Crippen molar-refractivity contribution in [2.45, 2.75) is 0 Å². The molecule has 20 heavy (non-hydrogen) atoms. The first-order valence-electron chi connectivity index (χ1n) is 5.92. The molecule has 0 radical (unpaired) electrons. The normalized spacial score (nSPS) is 9.95. The van der Waals surface area contributed by atoms with Gasteiger partial charge in [-0.25, -0.2) is 4.98 Å². The highest BCUT2D eigenvalue weighted by molar-refractivity contribution is 6.32. The second-order valence-corrected chi connectivity index (χ2v) is 4.39. The molecule has 0 aliphatic heterocycles. The van der Waals surface area contributed by atoms with Crippen molar-refractivity contribution in [3.05, 3.63) is 47.1 Å². The van der Waals surface area contributed by atoms with Crippen LogP contribution in [0.4, 0.5) is 11.5 Å². The van der Waals surface area contributed by atoms with E-state index in [1.165, 1.54) is 7.11 Å². The second kappa shape index (κ2) is 6.25. The van der Waals surface area contributed by atoms with Crippen molar-refractivity contribution in [2.24, 2.45) is 0 Å². The van der Waals surface area contributed by atoms with Crippen LogP contribution in [0, 0.1) is 0 Å². The molecule has 0 saturated heterocycles. The summed E-state index contributed by atoms with van der Waals surface area (Å²) in [7, 11) is 3.27. The molecular formula is C14H14ClN3O2. The van der Waals surface area contributed by atoms with Crippen molar-refractivity contribution in [2.75, 3.05) is 24.8 Å². The van der Waals surface area contributed by atoms with Crippen LogP contribution in [-0.2, 0) is 0 Å². The molecule has 1 amide bonds. The number of amides is 1. The average molecular weight is 292 g/mol. The highest BCUT2D eigenvalue weighted by atomic mass is 35.5. The van der Waals surface area contributed by atoms with E-state index in [-0.39, 0.29) is 5.91 Å². The Bertz CT molecular complexity index is 632. The van der Waals surface area contributed by atoms with E-state index < -0.39 is 0 Å². The number of anilines is 2. The largest absolute Gasteiger partial charge is 0.495 e. The Morgan fingerprint density at radius 1 is 1.30 bits per heavy atom. The summed E-state index contributed by atoms with van der Waals surface area (Å²) in [5.41, 5.74) is 1.12. The molecular weight excluding hydrogens is 278 g/mol. The SMILES string of the molecule is CNc1cc(C(=O)Nc2ccc(Cl)c(OC)c2)ccn1. The molecule has 2 rings (SSSR count). The van der Waals surface area contributed by atoms with Crippen molar-refractivity contribution in [1.82, 2.24) is 4.98 Å². The molecule has 0 bridgehead atoms. The number of hydrogen-bond donors (Lipinski definition) is 2. The standard InChI is InChI=1S/C14H14ClN3O2/c1-16-13-7-9(5-6-17-13)14(19)18-10-3-4-11(15)12(8-10)20-2/h3-8H,1-2H3,(H,16,17)(H,18,19). The number of hydrogen-bond acceptors (Lipinski definition) is 4. The van der Waals surface area contributed by atoms with Crippen LogP contribution in [0.1, 0.15) is 10.4 Å². The maximum atomic E-state index is 12.1. The predicted molar refractivity (Wildman–Crippen MR) is 79.7 cm³/mol. The van der Waals surface area contributed by atoms with Crippen LogP contribution < -0.4 is 15.4 Å². The Morgan fingerprint density at radius 2 is 2.10 bits per heavy atom. The van der Waals surface area contributed by atoms with E-state index in [0.717, 1.165) is 0 Å². The quantitative estimate of drug-likeness (QED) is 0.909. The fourth-order valence-electron chi connectivity index (χ4n) is 1.65. The van der Waals surface area contributed by atoms with Crippen LogP contribution in [-0.4, -0.2) is 25.0 Å². The summed E-state index contributed by atoms with van der Waals surface area (Å²) < 4.78 is 5.11. The molecule has 0 aliphatic rings. The van der Waals surface area contributed by atoms with Crippen LogP contribution in [0.5, 0.6) is 5.75 Å². The Morgan fingerprint density at radius 3 is 2.80 bits per heavy atom. The van der Waals surface area contributed by atoms with E-state index in [0.29, 0.717) is 27.8 Å². The van der Waals surface area contributed by atoms with E-state index >= 15 is 0 Å². The summed E-state index contributed by atoms with van der Waals surface area (Å²) in [5.74, 6) is 0.912. The van der Waals surface area contributed by atoms with Gasteiger partial charge in [0.05, 0.1) is 12.1 Å². The third kappa shape index (κ3) is 3.19. The molecule has 0 fully saturated rings. The lowest BCUT2D eigenvalue weighted by molar-refractivity contribution is 0.102. The molecule has 0 atom stereocenters. The topological polar surface area (TPSA) is 63.2 Å². The third-order valence-electron chi connectivity index (χ3n) is 2.69. The minimum absolute atomic E-state index is 0.228. The van der Waals surface area contributed by atoms with Crippen LogP contribution >= 0.6 is 11.6 Å². The molecule has 0 saturated carbocycles. The minimum Gasteiger partial charge on any atom is -0.495 e. The molecule has 0 aliphatic carbocycles. The molecule has 6 heteroatoms. The van der Waals surface area contributed by atoms with Gasteiger partial charge in [0.15, 0.2) is 0 Å².